The molecule has 0 radical (unpaired) electrons. The zero-order valence-electron chi connectivity index (χ0n) is 13.7. The van der Waals surface area contributed by atoms with E-state index in [1.54, 1.807) is 11.0 Å². The molecule has 1 fully saturated rings. The molecule has 1 saturated heterocycles. The van der Waals surface area contributed by atoms with Gasteiger partial charge in [0.25, 0.3) is 5.91 Å². The fourth-order valence-electron chi connectivity index (χ4n) is 2.15. The van der Waals surface area contributed by atoms with Crippen molar-refractivity contribution in [2.45, 2.75) is 40.0 Å². The van der Waals surface area contributed by atoms with E-state index >= 15 is 0 Å². The number of carbonyl (C=O) groups is 2. The fraction of sp³-hybridized carbons (Fsp3) is 0.625. The number of hydrogen-bond donors (Lipinski definition) is 0. The molecule has 2 amide bonds. The lowest BCUT2D eigenvalue weighted by molar-refractivity contribution is -0.118. The van der Waals surface area contributed by atoms with E-state index in [0.717, 1.165) is 12.0 Å². The van der Waals surface area contributed by atoms with Crippen LogP contribution in [-0.4, -0.2) is 36.6 Å². The van der Waals surface area contributed by atoms with E-state index in [1.165, 1.54) is 0 Å². The van der Waals surface area contributed by atoms with Crippen molar-refractivity contribution in [3.05, 3.63) is 29.2 Å². The number of carbonyl (C=O) groups excluding carboxylic acids is 2. The van der Waals surface area contributed by atoms with Gasteiger partial charge >= 0.3 is 6.09 Å². The Labute approximate surface area is 132 Å². The number of nitrogens with zero attached hydrogens (tertiary/aromatic N) is 2. The van der Waals surface area contributed by atoms with Gasteiger partial charge in [0.05, 0.1) is 0 Å². The molecule has 6 nitrogen and oxygen atoms in total. The Bertz CT molecular complexity index is 418. The summed E-state index contributed by atoms with van der Waals surface area (Å²) in [4.78, 5) is 34.4. The smallest absolute Gasteiger partial charge is 0.410 e. The number of amides is 2. The maximum atomic E-state index is 11.8. The zero-order valence-corrected chi connectivity index (χ0v) is 13.7. The van der Waals surface area contributed by atoms with Gasteiger partial charge in [0.1, 0.15) is 6.61 Å². The van der Waals surface area contributed by atoms with Crippen LogP contribution >= 0.6 is 0 Å². The minimum absolute atomic E-state index is 0.00203. The third-order valence-corrected chi connectivity index (χ3v) is 3.20. The van der Waals surface area contributed by atoms with Gasteiger partial charge in [0.2, 0.25) is 0 Å². The Balaban J connectivity index is 0.00000211. The van der Waals surface area contributed by atoms with E-state index in [9.17, 15) is 14.5 Å². The molecule has 0 aromatic heterocycles. The summed E-state index contributed by atoms with van der Waals surface area (Å²) in [6.07, 6.45) is 4.85. The number of likely N-dealkylation sites (tertiary alicyclic amines) is 1. The lowest BCUT2D eigenvalue weighted by Gasteiger charge is -2.16. The van der Waals surface area contributed by atoms with Gasteiger partial charge in [0, 0.05) is 24.7 Å². The summed E-state index contributed by atoms with van der Waals surface area (Å²) in [5.41, 5.74) is 0.872. The van der Waals surface area contributed by atoms with Gasteiger partial charge in [-0.2, -0.15) is 0 Å². The standard InChI is InChI=1S/C14H20N2O4.C2H6/c1-3-5-11(4-2)10-20-14(18)16-7-6-12(9-16)8-13(17)15-19;1-2/h4-5,12H,2-3,6-10H2,1H3;1-2H3/b11-5+;. The first-order valence-corrected chi connectivity index (χ1v) is 7.70. The first kappa shape index (κ1) is 20.0. The van der Waals surface area contributed by atoms with Crippen molar-refractivity contribution in [3.8, 4) is 0 Å². The monoisotopic (exact) mass is 310 g/mol. The van der Waals surface area contributed by atoms with E-state index in [4.69, 9.17) is 4.74 Å². The first-order valence-electron chi connectivity index (χ1n) is 7.70. The molecule has 1 heterocycles. The van der Waals surface area contributed by atoms with Gasteiger partial charge in [-0.3, -0.25) is 4.79 Å². The molecule has 0 N–H and O–H groups in total. The molecule has 1 rings (SSSR count). The Morgan fingerprint density at radius 1 is 1.41 bits per heavy atom. The highest BCUT2D eigenvalue weighted by Gasteiger charge is 2.28. The summed E-state index contributed by atoms with van der Waals surface area (Å²) in [5.74, 6) is -0.664. The predicted octanol–water partition coefficient (Wildman–Crippen LogP) is 3.68. The SMILES string of the molecule is C=C/C(=C\CC)COC(=O)N1CCC(CC(=O)N=O)C1.CC. The topological polar surface area (TPSA) is 76.0 Å². The molecule has 124 valence electrons. The van der Waals surface area contributed by atoms with Crippen molar-refractivity contribution in [1.82, 2.24) is 4.90 Å². The van der Waals surface area contributed by atoms with Crippen LogP contribution in [0.25, 0.3) is 0 Å². The van der Waals surface area contributed by atoms with Gasteiger partial charge in [0.15, 0.2) is 0 Å². The second-order valence-corrected chi connectivity index (χ2v) is 4.74. The Morgan fingerprint density at radius 2 is 2.09 bits per heavy atom. The van der Waals surface area contributed by atoms with Crippen LogP contribution in [0.4, 0.5) is 4.79 Å². The molecule has 22 heavy (non-hydrogen) atoms. The summed E-state index contributed by atoms with van der Waals surface area (Å²) >= 11 is 0. The molecular formula is C16H26N2O4. The molecular weight excluding hydrogens is 284 g/mol. The molecule has 1 aliphatic heterocycles. The largest absolute Gasteiger partial charge is 0.445 e. The summed E-state index contributed by atoms with van der Waals surface area (Å²) in [6, 6.07) is 0. The van der Waals surface area contributed by atoms with Crippen LogP contribution in [0, 0.1) is 10.8 Å². The highest BCUT2D eigenvalue weighted by Crippen LogP contribution is 2.20. The quantitative estimate of drug-likeness (QED) is 0.554. The highest BCUT2D eigenvalue weighted by molar-refractivity contribution is 5.77. The van der Waals surface area contributed by atoms with Crippen molar-refractivity contribution >= 4 is 12.0 Å². The van der Waals surface area contributed by atoms with E-state index in [1.807, 2.05) is 26.8 Å². The number of ether oxygens (including phenoxy) is 1. The number of hydrogen-bond acceptors (Lipinski definition) is 4. The average molecular weight is 310 g/mol. The van der Waals surface area contributed by atoms with Crippen molar-refractivity contribution in [2.75, 3.05) is 19.7 Å². The van der Waals surface area contributed by atoms with Crippen LogP contribution in [0.5, 0.6) is 0 Å². The summed E-state index contributed by atoms with van der Waals surface area (Å²) in [6.45, 7) is 10.8. The van der Waals surface area contributed by atoms with Gasteiger partial charge in [-0.25, -0.2) is 4.79 Å². The Hall–Kier alpha value is -1.98. The van der Waals surface area contributed by atoms with Crippen molar-refractivity contribution in [2.24, 2.45) is 11.1 Å². The van der Waals surface area contributed by atoms with E-state index in [2.05, 4.69) is 11.8 Å². The molecule has 0 saturated carbocycles. The summed E-state index contributed by atoms with van der Waals surface area (Å²) in [7, 11) is 0. The lowest BCUT2D eigenvalue weighted by Crippen LogP contribution is -2.30. The van der Waals surface area contributed by atoms with Crippen LogP contribution in [0.3, 0.4) is 0 Å². The average Bonchev–Trinajstić information content (AvgIpc) is 3.01. The molecule has 0 spiro atoms. The summed E-state index contributed by atoms with van der Waals surface area (Å²) in [5, 5.41) is 2.37. The second kappa shape index (κ2) is 11.7. The summed E-state index contributed by atoms with van der Waals surface area (Å²) < 4.78 is 5.19. The Morgan fingerprint density at radius 3 is 2.64 bits per heavy atom. The molecule has 0 aromatic carbocycles. The Kier molecular flexibility index (Phi) is 10.6. The van der Waals surface area contributed by atoms with Crippen LogP contribution in [-0.2, 0) is 9.53 Å². The molecule has 0 aliphatic carbocycles. The van der Waals surface area contributed by atoms with Crippen molar-refractivity contribution in [1.29, 1.82) is 0 Å². The third kappa shape index (κ3) is 7.15. The van der Waals surface area contributed by atoms with Crippen LogP contribution < -0.4 is 0 Å². The molecule has 1 aliphatic rings. The maximum Gasteiger partial charge on any atom is 0.410 e. The molecule has 0 aromatic rings. The third-order valence-electron chi connectivity index (χ3n) is 3.20. The van der Waals surface area contributed by atoms with Gasteiger partial charge in [-0.1, -0.05) is 39.5 Å². The molecule has 6 heteroatoms. The van der Waals surface area contributed by atoms with E-state index < -0.39 is 12.0 Å². The molecule has 0 bridgehead atoms. The fourth-order valence-corrected chi connectivity index (χ4v) is 2.15. The van der Waals surface area contributed by atoms with Crippen molar-refractivity contribution < 1.29 is 14.3 Å². The van der Waals surface area contributed by atoms with Gasteiger partial charge in [-0.15, -0.1) is 4.91 Å². The maximum absolute atomic E-state index is 11.8. The van der Waals surface area contributed by atoms with Crippen molar-refractivity contribution in [3.63, 3.8) is 0 Å². The van der Waals surface area contributed by atoms with Crippen LogP contribution in [0.1, 0.15) is 40.0 Å². The van der Waals surface area contributed by atoms with E-state index in [0.29, 0.717) is 19.5 Å². The highest BCUT2D eigenvalue weighted by atomic mass is 16.6. The number of rotatable bonds is 6. The lowest BCUT2D eigenvalue weighted by atomic mass is 10.1. The number of nitroso groups, excluding NO2 is 1. The van der Waals surface area contributed by atoms with Crippen LogP contribution in [0.15, 0.2) is 29.5 Å². The van der Waals surface area contributed by atoms with E-state index in [-0.39, 0.29) is 18.9 Å². The number of allylic oxidation sites excluding steroid dienone is 1. The predicted molar refractivity (Wildman–Crippen MR) is 86.4 cm³/mol. The zero-order chi connectivity index (χ0) is 17.0. The first-order chi connectivity index (χ1) is 10.6. The van der Waals surface area contributed by atoms with Gasteiger partial charge in [-0.05, 0) is 24.3 Å². The molecule has 1 unspecified atom stereocenters. The van der Waals surface area contributed by atoms with Gasteiger partial charge < -0.3 is 9.64 Å². The minimum atomic E-state index is -0.662. The second-order valence-electron chi connectivity index (χ2n) is 4.74. The normalized spacial score (nSPS) is 17.3. The van der Waals surface area contributed by atoms with Crippen LogP contribution in [0.2, 0.25) is 0 Å². The molecule has 1 atom stereocenters. The minimum Gasteiger partial charge on any atom is -0.445 e.